The third-order valence-electron chi connectivity index (χ3n) is 2.74. The van der Waals surface area contributed by atoms with E-state index in [4.69, 9.17) is 0 Å². The van der Waals surface area contributed by atoms with Crippen LogP contribution in [0, 0.1) is 0 Å². The van der Waals surface area contributed by atoms with E-state index in [9.17, 15) is 4.79 Å². The van der Waals surface area contributed by atoms with Gasteiger partial charge in [0.25, 0.3) is 5.91 Å². The summed E-state index contributed by atoms with van der Waals surface area (Å²) in [6, 6.07) is 12.9. The second kappa shape index (κ2) is 4.85. The van der Waals surface area contributed by atoms with Crippen molar-refractivity contribution in [3.8, 4) is 0 Å². The monoisotopic (exact) mass is 315 g/mol. The number of aromatic nitrogens is 2. The van der Waals surface area contributed by atoms with Gasteiger partial charge in [-0.1, -0.05) is 28.1 Å². The van der Waals surface area contributed by atoms with Gasteiger partial charge in [-0.25, -0.2) is 4.98 Å². The van der Waals surface area contributed by atoms with Gasteiger partial charge in [0, 0.05) is 22.6 Å². The lowest BCUT2D eigenvalue weighted by Crippen LogP contribution is -2.15. The summed E-state index contributed by atoms with van der Waals surface area (Å²) in [6.45, 7) is 0. The summed E-state index contributed by atoms with van der Waals surface area (Å²) in [5.41, 5.74) is 2.05. The van der Waals surface area contributed by atoms with Gasteiger partial charge in [0.15, 0.2) is 0 Å². The minimum absolute atomic E-state index is 0.165. The lowest BCUT2D eigenvalue weighted by atomic mass is 10.3. The molecule has 19 heavy (non-hydrogen) atoms. The molecule has 3 aromatic rings. The van der Waals surface area contributed by atoms with Gasteiger partial charge in [-0.05, 0) is 30.3 Å². The van der Waals surface area contributed by atoms with E-state index in [0.717, 1.165) is 15.8 Å². The van der Waals surface area contributed by atoms with Gasteiger partial charge in [-0.2, -0.15) is 0 Å². The first-order valence-corrected chi connectivity index (χ1v) is 6.52. The predicted octanol–water partition coefficient (Wildman–Crippen LogP) is 3.35. The second-order valence-corrected chi connectivity index (χ2v) is 4.95. The number of carbonyl (C=O) groups excluding carboxylic acids is 1. The van der Waals surface area contributed by atoms with Gasteiger partial charge in [0.1, 0.15) is 11.3 Å². The van der Waals surface area contributed by atoms with Crippen LogP contribution in [0.15, 0.2) is 59.3 Å². The highest BCUT2D eigenvalue weighted by Gasteiger charge is 2.10. The fourth-order valence-corrected chi connectivity index (χ4v) is 2.29. The molecule has 1 aromatic carbocycles. The predicted molar refractivity (Wildman–Crippen MR) is 77.3 cm³/mol. The SMILES string of the molecule is O=C(Nc1cccc(Br)c1)c1cccc2nccn12. The Bertz CT molecular complexity index is 751. The molecule has 5 heteroatoms. The van der Waals surface area contributed by atoms with Crippen LogP contribution in [0.25, 0.3) is 5.65 Å². The molecule has 0 radical (unpaired) electrons. The Morgan fingerprint density at radius 3 is 2.89 bits per heavy atom. The van der Waals surface area contributed by atoms with Gasteiger partial charge >= 0.3 is 0 Å². The van der Waals surface area contributed by atoms with Crippen molar-refractivity contribution in [1.82, 2.24) is 9.38 Å². The van der Waals surface area contributed by atoms with E-state index < -0.39 is 0 Å². The van der Waals surface area contributed by atoms with Crippen molar-refractivity contribution in [2.24, 2.45) is 0 Å². The first kappa shape index (κ1) is 11.9. The van der Waals surface area contributed by atoms with Crippen molar-refractivity contribution in [2.75, 3.05) is 5.32 Å². The molecule has 0 bridgehead atoms. The van der Waals surface area contributed by atoms with Crippen LogP contribution in [0.3, 0.4) is 0 Å². The number of imidazole rings is 1. The second-order valence-electron chi connectivity index (χ2n) is 4.03. The number of nitrogens with zero attached hydrogens (tertiary/aromatic N) is 2. The Morgan fingerprint density at radius 2 is 2.05 bits per heavy atom. The van der Waals surface area contributed by atoms with Crippen LogP contribution < -0.4 is 5.32 Å². The minimum atomic E-state index is -0.165. The fourth-order valence-electron chi connectivity index (χ4n) is 1.89. The smallest absolute Gasteiger partial charge is 0.272 e. The summed E-state index contributed by atoms with van der Waals surface area (Å²) in [7, 11) is 0. The van der Waals surface area contributed by atoms with Gasteiger partial charge in [0.2, 0.25) is 0 Å². The standard InChI is InChI=1S/C14H10BrN3O/c15-10-3-1-4-11(9-10)17-14(19)12-5-2-6-13-16-7-8-18(12)13/h1-9H,(H,17,19). The van der Waals surface area contributed by atoms with Gasteiger partial charge < -0.3 is 5.32 Å². The zero-order valence-corrected chi connectivity index (χ0v) is 11.5. The quantitative estimate of drug-likeness (QED) is 0.788. The number of hydrogen-bond donors (Lipinski definition) is 1. The normalized spacial score (nSPS) is 10.6. The minimum Gasteiger partial charge on any atom is -0.321 e. The lowest BCUT2D eigenvalue weighted by molar-refractivity contribution is 0.102. The van der Waals surface area contributed by atoms with E-state index in [1.165, 1.54) is 0 Å². The molecule has 94 valence electrons. The summed E-state index contributed by atoms with van der Waals surface area (Å²) in [4.78, 5) is 16.4. The van der Waals surface area contributed by atoms with Crippen LogP contribution >= 0.6 is 15.9 Å². The summed E-state index contributed by atoms with van der Waals surface area (Å²) in [5.74, 6) is -0.165. The van der Waals surface area contributed by atoms with E-state index in [1.807, 2.05) is 36.4 Å². The molecule has 3 rings (SSSR count). The van der Waals surface area contributed by atoms with Crippen LogP contribution in [0.4, 0.5) is 5.69 Å². The summed E-state index contributed by atoms with van der Waals surface area (Å²) >= 11 is 3.38. The molecule has 0 saturated carbocycles. The Balaban J connectivity index is 1.94. The fraction of sp³-hybridized carbons (Fsp3) is 0. The highest BCUT2D eigenvalue weighted by Crippen LogP contribution is 2.16. The maximum atomic E-state index is 12.3. The molecule has 0 saturated heterocycles. The van der Waals surface area contributed by atoms with Crippen molar-refractivity contribution in [3.63, 3.8) is 0 Å². The summed E-state index contributed by atoms with van der Waals surface area (Å²) in [6.07, 6.45) is 3.44. The maximum absolute atomic E-state index is 12.3. The van der Waals surface area contributed by atoms with E-state index in [-0.39, 0.29) is 5.91 Å². The highest BCUT2D eigenvalue weighted by molar-refractivity contribution is 9.10. The number of rotatable bonds is 2. The number of fused-ring (bicyclic) bond motifs is 1. The number of anilines is 1. The van der Waals surface area contributed by atoms with Crippen molar-refractivity contribution in [1.29, 1.82) is 0 Å². The summed E-state index contributed by atoms with van der Waals surface area (Å²) < 4.78 is 2.68. The molecular formula is C14H10BrN3O. The number of amides is 1. The number of pyridine rings is 1. The summed E-state index contributed by atoms with van der Waals surface area (Å²) in [5, 5.41) is 2.86. The first-order valence-electron chi connectivity index (χ1n) is 5.73. The van der Waals surface area contributed by atoms with E-state index in [2.05, 4.69) is 26.2 Å². The van der Waals surface area contributed by atoms with E-state index in [1.54, 1.807) is 22.9 Å². The van der Waals surface area contributed by atoms with Crippen molar-refractivity contribution in [2.45, 2.75) is 0 Å². The van der Waals surface area contributed by atoms with Crippen molar-refractivity contribution >= 4 is 33.2 Å². The number of carbonyl (C=O) groups is 1. The van der Waals surface area contributed by atoms with Gasteiger partial charge in [-0.3, -0.25) is 9.20 Å². The molecular weight excluding hydrogens is 306 g/mol. The molecule has 1 N–H and O–H groups in total. The van der Waals surface area contributed by atoms with Crippen LogP contribution in [-0.2, 0) is 0 Å². The molecule has 4 nitrogen and oxygen atoms in total. The number of hydrogen-bond acceptors (Lipinski definition) is 2. The van der Waals surface area contributed by atoms with Crippen molar-refractivity contribution in [3.05, 3.63) is 65.0 Å². The first-order chi connectivity index (χ1) is 9.24. The topological polar surface area (TPSA) is 46.4 Å². The Kier molecular flexibility index (Phi) is 3.05. The molecule has 0 atom stereocenters. The van der Waals surface area contributed by atoms with Crippen molar-refractivity contribution < 1.29 is 4.79 Å². The Hall–Kier alpha value is -2.14. The molecule has 0 aliphatic heterocycles. The van der Waals surface area contributed by atoms with E-state index >= 15 is 0 Å². The Morgan fingerprint density at radius 1 is 1.21 bits per heavy atom. The average molecular weight is 316 g/mol. The lowest BCUT2D eigenvalue weighted by Gasteiger charge is -2.07. The maximum Gasteiger partial charge on any atom is 0.272 e. The number of nitrogens with one attached hydrogen (secondary N) is 1. The number of halogens is 1. The molecule has 0 aliphatic carbocycles. The molecule has 1 amide bonds. The molecule has 2 heterocycles. The molecule has 2 aromatic heterocycles. The zero-order valence-electron chi connectivity index (χ0n) is 9.88. The van der Waals surface area contributed by atoms with Crippen LogP contribution in [0.5, 0.6) is 0 Å². The van der Waals surface area contributed by atoms with Crippen LogP contribution in [0.1, 0.15) is 10.5 Å². The molecule has 0 spiro atoms. The number of benzene rings is 1. The van der Waals surface area contributed by atoms with Gasteiger partial charge in [0.05, 0.1) is 0 Å². The molecule has 0 aliphatic rings. The molecule has 0 unspecified atom stereocenters. The van der Waals surface area contributed by atoms with Crippen LogP contribution in [0.2, 0.25) is 0 Å². The molecule has 0 fully saturated rings. The van der Waals surface area contributed by atoms with Gasteiger partial charge in [-0.15, -0.1) is 0 Å². The highest BCUT2D eigenvalue weighted by atomic mass is 79.9. The van der Waals surface area contributed by atoms with Crippen LogP contribution in [-0.4, -0.2) is 15.3 Å². The average Bonchev–Trinajstić information content (AvgIpc) is 2.86. The zero-order chi connectivity index (χ0) is 13.2. The van der Waals surface area contributed by atoms with E-state index in [0.29, 0.717) is 5.69 Å². The third-order valence-corrected chi connectivity index (χ3v) is 3.24. The Labute approximate surface area is 118 Å². The largest absolute Gasteiger partial charge is 0.321 e. The third kappa shape index (κ3) is 2.37.